The molecule has 1 N–H and O–H groups in total. The van der Waals surface area contributed by atoms with E-state index in [1.807, 2.05) is 38.1 Å². The monoisotopic (exact) mass is 579 g/mol. The van der Waals surface area contributed by atoms with Gasteiger partial charge in [-0.3, -0.25) is 4.79 Å². The van der Waals surface area contributed by atoms with Gasteiger partial charge >= 0.3 is 5.97 Å². The van der Waals surface area contributed by atoms with E-state index in [0.29, 0.717) is 21.6 Å². The summed E-state index contributed by atoms with van der Waals surface area (Å²) >= 11 is 2.31. The second-order valence-corrected chi connectivity index (χ2v) is 12.7. The van der Waals surface area contributed by atoms with Gasteiger partial charge in [-0.1, -0.05) is 54.2 Å². The molecule has 2 heterocycles. The quantitative estimate of drug-likeness (QED) is 0.177. The average molecular weight is 580 g/mol. The van der Waals surface area contributed by atoms with Crippen LogP contribution in [0.3, 0.4) is 0 Å². The highest BCUT2D eigenvalue weighted by Crippen LogP contribution is 2.34. The Morgan fingerprint density at radius 2 is 1.74 bits per heavy atom. The van der Waals surface area contributed by atoms with Gasteiger partial charge in [-0.25, -0.2) is 22.2 Å². The number of amides is 1. The second-order valence-electron chi connectivity index (χ2n) is 8.71. The molecule has 0 spiro atoms. The van der Waals surface area contributed by atoms with Crippen molar-refractivity contribution in [1.29, 1.82) is 0 Å². The number of aromatic nitrogens is 2. The van der Waals surface area contributed by atoms with Crippen LogP contribution in [0.5, 0.6) is 0 Å². The van der Waals surface area contributed by atoms with E-state index in [-0.39, 0.29) is 22.4 Å². The van der Waals surface area contributed by atoms with Gasteiger partial charge in [0.2, 0.25) is 5.91 Å². The molecule has 3 aromatic carbocycles. The van der Waals surface area contributed by atoms with Crippen molar-refractivity contribution in [2.75, 3.05) is 17.7 Å². The number of para-hydroxylation sites is 2. The van der Waals surface area contributed by atoms with Crippen molar-refractivity contribution in [3.05, 3.63) is 82.7 Å². The van der Waals surface area contributed by atoms with E-state index >= 15 is 0 Å². The molecule has 0 saturated heterocycles. The zero-order valence-corrected chi connectivity index (χ0v) is 23.9. The highest BCUT2D eigenvalue weighted by Gasteiger charge is 2.26. The lowest BCUT2D eigenvalue weighted by Crippen LogP contribution is -2.18. The van der Waals surface area contributed by atoms with E-state index in [2.05, 4.69) is 10.3 Å². The minimum atomic E-state index is -4.04. The number of ether oxygens (including phenoxy) is 1. The molecule has 39 heavy (non-hydrogen) atoms. The van der Waals surface area contributed by atoms with E-state index < -0.39 is 21.9 Å². The van der Waals surface area contributed by atoms with Gasteiger partial charge in [-0.2, -0.15) is 0 Å². The van der Waals surface area contributed by atoms with Crippen molar-refractivity contribution in [3.8, 4) is 0 Å². The summed E-state index contributed by atoms with van der Waals surface area (Å²) in [6.45, 7) is 5.62. The molecular weight excluding hydrogens is 555 g/mol. The SMILES string of the molecule is CCOC(=O)c1c(NC(=O)CSc2nc3ccccc3n2S(=O)(=O)c2ccc3ccccc3c2)sc(C)c1C. The third-order valence-corrected chi connectivity index (χ3v) is 10.1. The van der Waals surface area contributed by atoms with Crippen LogP contribution < -0.4 is 5.32 Å². The molecule has 0 aliphatic rings. The number of hydrogen-bond acceptors (Lipinski definition) is 8. The molecule has 0 aliphatic heterocycles. The summed E-state index contributed by atoms with van der Waals surface area (Å²) in [6.07, 6.45) is 0. The van der Waals surface area contributed by atoms with Crippen molar-refractivity contribution in [2.45, 2.75) is 30.8 Å². The zero-order valence-electron chi connectivity index (χ0n) is 21.4. The van der Waals surface area contributed by atoms with Crippen molar-refractivity contribution in [1.82, 2.24) is 8.96 Å². The third-order valence-electron chi connectivity index (χ3n) is 6.20. The lowest BCUT2D eigenvalue weighted by Gasteiger charge is -2.11. The van der Waals surface area contributed by atoms with Crippen molar-refractivity contribution in [2.24, 2.45) is 0 Å². The molecule has 8 nitrogen and oxygen atoms in total. The first-order valence-electron chi connectivity index (χ1n) is 12.1. The van der Waals surface area contributed by atoms with Gasteiger partial charge in [0.1, 0.15) is 5.00 Å². The van der Waals surface area contributed by atoms with Gasteiger partial charge < -0.3 is 10.1 Å². The van der Waals surface area contributed by atoms with Gasteiger partial charge in [0.15, 0.2) is 5.16 Å². The zero-order chi connectivity index (χ0) is 27.7. The Labute approximate surface area is 234 Å². The number of fused-ring (bicyclic) bond motifs is 2. The molecule has 5 rings (SSSR count). The normalized spacial score (nSPS) is 11.7. The maximum absolute atomic E-state index is 13.9. The maximum atomic E-state index is 13.9. The Hall–Kier alpha value is -3.67. The fraction of sp³-hybridized carbons (Fsp3) is 0.179. The van der Waals surface area contributed by atoms with Crippen LogP contribution in [-0.2, 0) is 19.6 Å². The van der Waals surface area contributed by atoms with E-state index in [1.165, 1.54) is 15.3 Å². The van der Waals surface area contributed by atoms with E-state index in [0.717, 1.165) is 33.0 Å². The van der Waals surface area contributed by atoms with Crippen molar-refractivity contribution in [3.63, 3.8) is 0 Å². The Kier molecular flexibility index (Phi) is 7.48. The Bertz CT molecular complexity index is 1840. The first-order chi connectivity index (χ1) is 18.7. The summed E-state index contributed by atoms with van der Waals surface area (Å²) in [5.74, 6) is -1.01. The summed E-state index contributed by atoms with van der Waals surface area (Å²) < 4.78 is 34.1. The fourth-order valence-electron chi connectivity index (χ4n) is 4.20. The molecule has 5 aromatic rings. The molecule has 0 bridgehead atoms. The number of esters is 1. The number of nitrogens with one attached hydrogen (secondary N) is 1. The molecule has 0 aliphatic carbocycles. The number of carbonyl (C=O) groups excluding carboxylic acids is 2. The van der Waals surface area contributed by atoms with Crippen LogP contribution in [0.15, 0.2) is 76.8 Å². The standard InChI is InChI=1S/C28H25N3O5S3/c1-4-36-27(33)25-17(2)18(3)38-26(25)30-24(32)16-37-28-29-22-11-7-8-12-23(22)31(28)39(34,35)21-14-13-19-9-5-6-10-20(19)15-21/h5-15H,4,16H2,1-3H3,(H,30,32). The number of thiophene rings is 1. The van der Waals surface area contributed by atoms with Gasteiger partial charge in [-0.15, -0.1) is 11.3 Å². The summed E-state index contributed by atoms with van der Waals surface area (Å²) in [5.41, 5.74) is 2.01. The topological polar surface area (TPSA) is 107 Å². The lowest BCUT2D eigenvalue weighted by molar-refractivity contribution is -0.113. The number of imidazole rings is 1. The summed E-state index contributed by atoms with van der Waals surface area (Å²) in [4.78, 5) is 31.0. The number of benzene rings is 3. The van der Waals surface area contributed by atoms with Crippen LogP contribution in [0.1, 0.15) is 27.7 Å². The number of rotatable bonds is 8. The van der Waals surface area contributed by atoms with Gasteiger partial charge in [-0.05, 0) is 61.4 Å². The molecule has 0 unspecified atom stereocenters. The van der Waals surface area contributed by atoms with Crippen molar-refractivity contribution >= 4 is 71.8 Å². The molecule has 0 atom stereocenters. The minimum Gasteiger partial charge on any atom is -0.462 e. The molecule has 11 heteroatoms. The number of nitrogens with zero attached hydrogens (tertiary/aromatic N) is 2. The maximum Gasteiger partial charge on any atom is 0.341 e. The second kappa shape index (κ2) is 10.8. The molecular formula is C28H25N3O5S3. The van der Waals surface area contributed by atoms with Crippen LogP contribution >= 0.6 is 23.1 Å². The lowest BCUT2D eigenvalue weighted by atomic mass is 10.1. The van der Waals surface area contributed by atoms with Crippen LogP contribution in [-0.4, -0.2) is 41.6 Å². The summed E-state index contributed by atoms with van der Waals surface area (Å²) in [6, 6.07) is 19.5. The molecule has 0 saturated carbocycles. The third kappa shape index (κ3) is 5.17. The number of carbonyl (C=O) groups is 2. The van der Waals surface area contributed by atoms with E-state index in [9.17, 15) is 18.0 Å². The predicted molar refractivity (Wildman–Crippen MR) is 155 cm³/mol. The minimum absolute atomic E-state index is 0.116. The van der Waals surface area contributed by atoms with Crippen LogP contribution in [0.25, 0.3) is 21.8 Å². The molecule has 2 aromatic heterocycles. The van der Waals surface area contributed by atoms with Gasteiger partial charge in [0, 0.05) is 4.88 Å². The fourth-order valence-corrected chi connectivity index (χ4v) is 7.81. The molecule has 0 fully saturated rings. The van der Waals surface area contributed by atoms with Gasteiger partial charge in [0.25, 0.3) is 10.0 Å². The Morgan fingerprint density at radius 3 is 2.51 bits per heavy atom. The van der Waals surface area contributed by atoms with E-state index in [4.69, 9.17) is 4.74 Å². The molecule has 1 amide bonds. The van der Waals surface area contributed by atoms with E-state index in [1.54, 1.807) is 49.4 Å². The number of aryl methyl sites for hydroxylation is 1. The number of hydrogen-bond donors (Lipinski definition) is 1. The largest absolute Gasteiger partial charge is 0.462 e. The highest BCUT2D eigenvalue weighted by atomic mass is 32.2. The number of anilines is 1. The van der Waals surface area contributed by atoms with Crippen molar-refractivity contribution < 1.29 is 22.7 Å². The van der Waals surface area contributed by atoms with Crippen LogP contribution in [0.2, 0.25) is 0 Å². The average Bonchev–Trinajstić information content (AvgIpc) is 3.43. The Morgan fingerprint density at radius 1 is 1.03 bits per heavy atom. The first-order valence-corrected chi connectivity index (χ1v) is 15.4. The summed E-state index contributed by atoms with van der Waals surface area (Å²) in [7, 11) is -4.04. The molecule has 0 radical (unpaired) electrons. The highest BCUT2D eigenvalue weighted by molar-refractivity contribution is 8.00. The summed E-state index contributed by atoms with van der Waals surface area (Å²) in [5, 5.41) is 5.11. The number of thioether (sulfide) groups is 1. The van der Waals surface area contributed by atoms with Gasteiger partial charge in [0.05, 0.1) is 33.9 Å². The predicted octanol–water partition coefficient (Wildman–Crippen LogP) is 6.01. The Balaban J connectivity index is 1.45. The first kappa shape index (κ1) is 26.9. The van der Waals surface area contributed by atoms with Crippen LogP contribution in [0.4, 0.5) is 5.00 Å². The van der Waals surface area contributed by atoms with Crippen LogP contribution in [0, 0.1) is 13.8 Å². The molecule has 200 valence electrons. The smallest absolute Gasteiger partial charge is 0.341 e.